The van der Waals surface area contributed by atoms with E-state index in [0.29, 0.717) is 19.5 Å². The van der Waals surface area contributed by atoms with Gasteiger partial charge in [0.15, 0.2) is 0 Å². The molecule has 3 aliphatic rings. The summed E-state index contributed by atoms with van der Waals surface area (Å²) in [5.41, 5.74) is 4.73. The summed E-state index contributed by atoms with van der Waals surface area (Å²) in [6.45, 7) is 1.41. The molecular weight excluding hydrogens is 432 g/mol. The number of amides is 2. The van der Waals surface area contributed by atoms with Gasteiger partial charge in [-0.3, -0.25) is 9.59 Å². The van der Waals surface area contributed by atoms with Gasteiger partial charge in [-0.05, 0) is 53.9 Å². The van der Waals surface area contributed by atoms with Crippen molar-refractivity contribution in [3.63, 3.8) is 0 Å². The molecule has 34 heavy (non-hydrogen) atoms. The Balaban J connectivity index is 1.12. The highest BCUT2D eigenvalue weighted by Crippen LogP contribution is 2.44. The summed E-state index contributed by atoms with van der Waals surface area (Å²) in [4.78, 5) is 38.2. The number of ether oxygens (including phenoxy) is 1. The standard InChI is InChI=1S/C27H30N2O5/c30-25(31)13-17-11-12-29(15-17)26(32)18-9-10-19(14-18)28-27(33)34-16-24-22-7-3-1-5-20(22)21-6-2-4-8-23(21)24/h1-8,17-19,24H,9-16H2,(H,28,33)(H,30,31)/t17?,18-,19+/m1/s1. The third-order valence-corrected chi connectivity index (χ3v) is 7.51. The molecule has 1 saturated carbocycles. The van der Waals surface area contributed by atoms with Crippen LogP contribution in [0.4, 0.5) is 4.79 Å². The number of carboxylic acid groups (broad SMARTS) is 1. The van der Waals surface area contributed by atoms with E-state index in [-0.39, 0.29) is 42.7 Å². The number of hydrogen-bond donors (Lipinski definition) is 2. The maximum Gasteiger partial charge on any atom is 0.407 e. The van der Waals surface area contributed by atoms with E-state index in [2.05, 4.69) is 29.6 Å². The van der Waals surface area contributed by atoms with Gasteiger partial charge < -0.3 is 20.1 Å². The van der Waals surface area contributed by atoms with Gasteiger partial charge in [-0.15, -0.1) is 0 Å². The highest BCUT2D eigenvalue weighted by Gasteiger charge is 2.37. The Morgan fingerprint density at radius 1 is 0.971 bits per heavy atom. The summed E-state index contributed by atoms with van der Waals surface area (Å²) >= 11 is 0. The largest absolute Gasteiger partial charge is 0.481 e. The van der Waals surface area contributed by atoms with Crippen molar-refractivity contribution in [1.82, 2.24) is 10.2 Å². The number of fused-ring (bicyclic) bond motifs is 3. The van der Waals surface area contributed by atoms with Crippen LogP contribution in [0.15, 0.2) is 48.5 Å². The van der Waals surface area contributed by atoms with Crippen LogP contribution in [0.1, 0.15) is 49.1 Å². The lowest BCUT2D eigenvalue weighted by atomic mass is 9.98. The minimum atomic E-state index is -0.812. The minimum absolute atomic E-state index is 0.0185. The normalized spacial score (nSPS) is 23.4. The SMILES string of the molecule is O=C(O)CC1CCN(C(=O)[C@@H]2CC[C@H](NC(=O)OCC3c4ccccc4-c4ccccc43)C2)C1. The average Bonchev–Trinajstić information content (AvgIpc) is 3.55. The fraction of sp³-hybridized carbons (Fsp3) is 0.444. The Morgan fingerprint density at radius 3 is 2.32 bits per heavy atom. The molecule has 2 aromatic carbocycles. The number of hydrogen-bond acceptors (Lipinski definition) is 4. The van der Waals surface area contributed by atoms with Crippen molar-refractivity contribution in [3.05, 3.63) is 59.7 Å². The second-order valence-electron chi connectivity index (χ2n) is 9.71. The summed E-state index contributed by atoms with van der Waals surface area (Å²) < 4.78 is 5.65. The van der Waals surface area contributed by atoms with Gasteiger partial charge in [-0.1, -0.05) is 48.5 Å². The van der Waals surface area contributed by atoms with E-state index in [1.165, 1.54) is 22.3 Å². The third-order valence-electron chi connectivity index (χ3n) is 7.51. The van der Waals surface area contributed by atoms with Crippen molar-refractivity contribution in [1.29, 1.82) is 0 Å². The molecule has 1 unspecified atom stereocenters. The van der Waals surface area contributed by atoms with Crippen LogP contribution in [0.5, 0.6) is 0 Å². The first kappa shape index (κ1) is 22.4. The summed E-state index contributed by atoms with van der Waals surface area (Å²) in [6.07, 6.45) is 2.48. The van der Waals surface area contributed by atoms with Crippen LogP contribution in [0.25, 0.3) is 11.1 Å². The van der Waals surface area contributed by atoms with Gasteiger partial charge in [0.25, 0.3) is 0 Å². The van der Waals surface area contributed by atoms with Gasteiger partial charge in [0.05, 0.1) is 0 Å². The topological polar surface area (TPSA) is 95.9 Å². The fourth-order valence-corrected chi connectivity index (χ4v) is 5.85. The van der Waals surface area contributed by atoms with Gasteiger partial charge in [0.2, 0.25) is 5.91 Å². The van der Waals surface area contributed by atoms with Crippen LogP contribution in [-0.2, 0) is 14.3 Å². The number of nitrogens with one attached hydrogen (secondary N) is 1. The number of nitrogens with zero attached hydrogens (tertiary/aromatic N) is 1. The predicted octanol–water partition coefficient (Wildman–Crippen LogP) is 4.02. The Kier molecular flexibility index (Phi) is 6.26. The first-order valence-electron chi connectivity index (χ1n) is 12.1. The zero-order chi connectivity index (χ0) is 23.7. The van der Waals surface area contributed by atoms with Gasteiger partial charge in [-0.25, -0.2) is 4.79 Å². The molecule has 0 aromatic heterocycles. The smallest absolute Gasteiger partial charge is 0.407 e. The Hall–Kier alpha value is -3.35. The van der Waals surface area contributed by atoms with Crippen molar-refractivity contribution >= 4 is 18.0 Å². The number of aliphatic carboxylic acids is 1. The van der Waals surface area contributed by atoms with Crippen molar-refractivity contribution in [3.8, 4) is 11.1 Å². The zero-order valence-electron chi connectivity index (χ0n) is 19.1. The molecule has 2 fully saturated rings. The second kappa shape index (κ2) is 9.49. The molecule has 3 atom stereocenters. The first-order chi connectivity index (χ1) is 16.5. The molecule has 178 valence electrons. The Labute approximate surface area is 199 Å². The molecular formula is C27H30N2O5. The van der Waals surface area contributed by atoms with Crippen LogP contribution >= 0.6 is 0 Å². The van der Waals surface area contributed by atoms with Crippen LogP contribution in [0.3, 0.4) is 0 Å². The van der Waals surface area contributed by atoms with Gasteiger partial charge >= 0.3 is 12.1 Å². The molecule has 5 rings (SSSR count). The number of rotatable bonds is 6. The third kappa shape index (κ3) is 4.52. The molecule has 7 nitrogen and oxygen atoms in total. The molecule has 2 amide bonds. The quantitative estimate of drug-likeness (QED) is 0.676. The predicted molar refractivity (Wildman–Crippen MR) is 126 cm³/mol. The van der Waals surface area contributed by atoms with Gasteiger partial charge in [-0.2, -0.15) is 0 Å². The molecule has 1 aliphatic heterocycles. The lowest BCUT2D eigenvalue weighted by Gasteiger charge is -2.21. The number of alkyl carbamates (subject to hydrolysis) is 1. The maximum atomic E-state index is 12.9. The molecule has 0 spiro atoms. The molecule has 1 heterocycles. The maximum absolute atomic E-state index is 12.9. The minimum Gasteiger partial charge on any atom is -0.481 e. The number of carboxylic acids is 1. The molecule has 1 saturated heterocycles. The number of carbonyl (C=O) groups excluding carboxylic acids is 2. The van der Waals surface area contributed by atoms with Crippen LogP contribution in [0, 0.1) is 11.8 Å². The van der Waals surface area contributed by atoms with E-state index in [9.17, 15) is 14.4 Å². The molecule has 0 radical (unpaired) electrons. The van der Waals surface area contributed by atoms with Gasteiger partial charge in [0.1, 0.15) is 6.61 Å². The Bertz CT molecular complexity index is 1050. The number of carbonyl (C=O) groups is 3. The Morgan fingerprint density at radius 2 is 1.65 bits per heavy atom. The summed E-state index contributed by atoms with van der Waals surface area (Å²) in [6, 6.07) is 16.4. The van der Waals surface area contributed by atoms with E-state index in [1.54, 1.807) is 4.90 Å². The summed E-state index contributed by atoms with van der Waals surface area (Å²) in [5, 5.41) is 11.9. The number of benzene rings is 2. The monoisotopic (exact) mass is 462 g/mol. The second-order valence-corrected chi connectivity index (χ2v) is 9.71. The van der Waals surface area contributed by atoms with E-state index in [1.807, 2.05) is 24.3 Å². The molecule has 2 N–H and O–H groups in total. The van der Waals surface area contributed by atoms with E-state index >= 15 is 0 Å². The molecule has 2 aromatic rings. The summed E-state index contributed by atoms with van der Waals surface area (Å²) in [7, 11) is 0. The highest BCUT2D eigenvalue weighted by atomic mass is 16.5. The van der Waals surface area contributed by atoms with E-state index < -0.39 is 12.1 Å². The van der Waals surface area contributed by atoms with Crippen molar-refractivity contribution < 1.29 is 24.2 Å². The van der Waals surface area contributed by atoms with E-state index in [0.717, 1.165) is 19.3 Å². The lowest BCUT2D eigenvalue weighted by molar-refractivity contribution is -0.139. The van der Waals surface area contributed by atoms with E-state index in [4.69, 9.17) is 9.84 Å². The van der Waals surface area contributed by atoms with Crippen LogP contribution < -0.4 is 5.32 Å². The van der Waals surface area contributed by atoms with Crippen molar-refractivity contribution in [2.24, 2.45) is 11.8 Å². The average molecular weight is 463 g/mol. The summed E-state index contributed by atoms with van der Waals surface area (Å²) in [5.74, 6) is -0.790. The molecule has 7 heteroatoms. The lowest BCUT2D eigenvalue weighted by Crippen LogP contribution is -2.37. The van der Waals surface area contributed by atoms with Gasteiger partial charge in [0, 0.05) is 37.4 Å². The van der Waals surface area contributed by atoms with Crippen LogP contribution in [0.2, 0.25) is 0 Å². The molecule has 0 bridgehead atoms. The molecule has 2 aliphatic carbocycles. The van der Waals surface area contributed by atoms with Crippen molar-refractivity contribution in [2.45, 2.75) is 44.1 Å². The van der Waals surface area contributed by atoms with Crippen LogP contribution in [-0.4, -0.2) is 53.7 Å². The fourth-order valence-electron chi connectivity index (χ4n) is 5.85. The van der Waals surface area contributed by atoms with Crippen molar-refractivity contribution in [2.75, 3.05) is 19.7 Å². The highest BCUT2D eigenvalue weighted by molar-refractivity contribution is 5.80. The zero-order valence-corrected chi connectivity index (χ0v) is 19.1. The first-order valence-corrected chi connectivity index (χ1v) is 12.1. The number of likely N-dealkylation sites (tertiary alicyclic amines) is 1.